The number of anilines is 1. The lowest BCUT2D eigenvalue weighted by Gasteiger charge is -2.21. The summed E-state index contributed by atoms with van der Waals surface area (Å²) in [6.45, 7) is 7.76. The Hall–Kier alpha value is -1.16. The minimum absolute atomic E-state index is 0.364. The van der Waals surface area contributed by atoms with Gasteiger partial charge in [-0.05, 0) is 36.1 Å². The Balaban J connectivity index is 1.87. The summed E-state index contributed by atoms with van der Waals surface area (Å²) in [5.74, 6) is 0.872. The highest BCUT2D eigenvalue weighted by molar-refractivity contribution is 8.15. The fourth-order valence-electron chi connectivity index (χ4n) is 2.07. The Morgan fingerprint density at radius 1 is 1.32 bits per heavy atom. The smallest absolute Gasteiger partial charge is 0.161 e. The number of methoxy groups -OCH3 is 1. The molecule has 1 aromatic carbocycles. The highest BCUT2D eigenvalue weighted by Crippen LogP contribution is 2.32. The van der Waals surface area contributed by atoms with E-state index in [4.69, 9.17) is 4.74 Å². The molecule has 19 heavy (non-hydrogen) atoms. The molecule has 1 atom stereocenters. The van der Waals surface area contributed by atoms with Crippen molar-refractivity contribution in [1.29, 1.82) is 0 Å². The molecule has 0 aliphatic carbocycles. The summed E-state index contributed by atoms with van der Waals surface area (Å²) >= 11 is 1.85. The van der Waals surface area contributed by atoms with Crippen LogP contribution in [-0.4, -0.2) is 24.1 Å². The minimum Gasteiger partial charge on any atom is -0.497 e. The third-order valence-corrected chi connectivity index (χ3v) is 4.00. The van der Waals surface area contributed by atoms with Gasteiger partial charge in [-0.25, -0.2) is 0 Å². The highest BCUT2D eigenvalue weighted by atomic mass is 32.2. The standard InChI is InChI=1S/C15H22N2OS/c1-15(2,3)9-13-10-16-14(19-13)17-11-5-7-12(18-4)8-6-11/h5-8,13H,9-10H2,1-4H3,(H,16,17). The van der Waals surface area contributed by atoms with Gasteiger partial charge in [0.05, 0.1) is 13.7 Å². The molecule has 0 spiro atoms. The maximum absolute atomic E-state index is 5.15. The summed E-state index contributed by atoms with van der Waals surface area (Å²) in [7, 11) is 1.68. The van der Waals surface area contributed by atoms with Gasteiger partial charge in [-0.1, -0.05) is 32.5 Å². The lowest BCUT2D eigenvalue weighted by atomic mass is 9.90. The first kappa shape index (κ1) is 14.3. The Morgan fingerprint density at radius 2 is 2.00 bits per heavy atom. The molecule has 1 heterocycles. The zero-order valence-corrected chi connectivity index (χ0v) is 12.9. The van der Waals surface area contributed by atoms with Gasteiger partial charge in [0.15, 0.2) is 5.17 Å². The fourth-order valence-corrected chi connectivity index (χ4v) is 3.45. The van der Waals surface area contributed by atoms with E-state index in [-0.39, 0.29) is 0 Å². The van der Waals surface area contributed by atoms with Crippen molar-refractivity contribution >= 4 is 22.6 Å². The fraction of sp³-hybridized carbons (Fsp3) is 0.533. The predicted molar refractivity (Wildman–Crippen MR) is 84.4 cm³/mol. The molecule has 0 radical (unpaired) electrons. The monoisotopic (exact) mass is 278 g/mol. The number of thioether (sulfide) groups is 1. The highest BCUT2D eigenvalue weighted by Gasteiger charge is 2.24. The molecule has 1 aliphatic heterocycles. The molecule has 1 N–H and O–H groups in total. The van der Waals surface area contributed by atoms with Crippen LogP contribution in [0.2, 0.25) is 0 Å². The third kappa shape index (κ3) is 4.46. The van der Waals surface area contributed by atoms with Crippen molar-refractivity contribution < 1.29 is 4.74 Å². The van der Waals surface area contributed by atoms with E-state index in [0.29, 0.717) is 10.7 Å². The molecule has 1 aliphatic rings. The molecule has 0 bridgehead atoms. The lowest BCUT2D eigenvalue weighted by molar-refractivity contribution is 0.375. The third-order valence-electron chi connectivity index (χ3n) is 2.90. The van der Waals surface area contributed by atoms with E-state index < -0.39 is 0 Å². The predicted octanol–water partition coefficient (Wildman–Crippen LogP) is 4.01. The summed E-state index contributed by atoms with van der Waals surface area (Å²) in [5, 5.41) is 4.99. The number of benzene rings is 1. The Bertz CT molecular complexity index is 448. The van der Waals surface area contributed by atoms with Gasteiger partial charge in [-0.3, -0.25) is 4.99 Å². The van der Waals surface area contributed by atoms with Gasteiger partial charge < -0.3 is 10.1 Å². The summed E-state index contributed by atoms with van der Waals surface area (Å²) in [4.78, 5) is 4.58. The lowest BCUT2D eigenvalue weighted by Crippen LogP contribution is -2.16. The van der Waals surface area contributed by atoms with E-state index in [1.54, 1.807) is 7.11 Å². The van der Waals surface area contributed by atoms with Gasteiger partial charge in [-0.15, -0.1) is 0 Å². The average Bonchev–Trinajstić information content (AvgIpc) is 2.75. The second-order valence-electron chi connectivity index (χ2n) is 6.00. The van der Waals surface area contributed by atoms with Gasteiger partial charge >= 0.3 is 0 Å². The van der Waals surface area contributed by atoms with Gasteiger partial charge in [0.2, 0.25) is 0 Å². The first-order chi connectivity index (χ1) is 8.96. The van der Waals surface area contributed by atoms with Crippen LogP contribution in [0.25, 0.3) is 0 Å². The molecule has 104 valence electrons. The van der Waals surface area contributed by atoms with Crippen LogP contribution in [0.1, 0.15) is 27.2 Å². The zero-order chi connectivity index (χ0) is 13.9. The maximum Gasteiger partial charge on any atom is 0.161 e. The van der Waals surface area contributed by atoms with E-state index in [9.17, 15) is 0 Å². The Kier molecular flexibility index (Phi) is 4.40. The van der Waals surface area contributed by atoms with E-state index in [0.717, 1.165) is 23.1 Å². The molecule has 0 saturated carbocycles. The number of ether oxygens (including phenoxy) is 1. The average molecular weight is 278 g/mol. The molecular formula is C15H22N2OS. The Morgan fingerprint density at radius 3 is 2.58 bits per heavy atom. The summed E-state index contributed by atoms with van der Waals surface area (Å²) in [6, 6.07) is 7.93. The molecule has 0 saturated heterocycles. The quantitative estimate of drug-likeness (QED) is 0.907. The number of nitrogens with one attached hydrogen (secondary N) is 1. The Labute approximate surface area is 119 Å². The van der Waals surface area contributed by atoms with Crippen LogP contribution in [0.15, 0.2) is 29.3 Å². The van der Waals surface area contributed by atoms with Gasteiger partial charge in [0.1, 0.15) is 5.75 Å². The van der Waals surface area contributed by atoms with Crippen molar-refractivity contribution in [3.05, 3.63) is 24.3 Å². The number of hydrogen-bond donors (Lipinski definition) is 1. The van der Waals surface area contributed by atoms with Gasteiger partial charge in [-0.2, -0.15) is 0 Å². The number of nitrogens with zero attached hydrogens (tertiary/aromatic N) is 1. The molecule has 0 amide bonds. The van der Waals surface area contributed by atoms with Crippen LogP contribution in [0.5, 0.6) is 5.75 Å². The van der Waals surface area contributed by atoms with Crippen LogP contribution < -0.4 is 10.1 Å². The second kappa shape index (κ2) is 5.87. The molecule has 2 rings (SSSR count). The van der Waals surface area contributed by atoms with Crippen molar-refractivity contribution in [2.24, 2.45) is 10.4 Å². The van der Waals surface area contributed by atoms with E-state index in [1.807, 2.05) is 36.0 Å². The van der Waals surface area contributed by atoms with Crippen LogP contribution in [-0.2, 0) is 0 Å². The van der Waals surface area contributed by atoms with Crippen LogP contribution in [0, 0.1) is 5.41 Å². The first-order valence-electron chi connectivity index (χ1n) is 6.58. The number of aliphatic imine (C=N–C) groups is 1. The normalized spacial score (nSPS) is 19.2. The maximum atomic E-state index is 5.15. The summed E-state index contributed by atoms with van der Waals surface area (Å²) in [5.41, 5.74) is 1.42. The van der Waals surface area contributed by atoms with E-state index in [1.165, 1.54) is 6.42 Å². The van der Waals surface area contributed by atoms with Crippen molar-refractivity contribution in [3.8, 4) is 5.75 Å². The van der Waals surface area contributed by atoms with Crippen LogP contribution >= 0.6 is 11.8 Å². The van der Waals surface area contributed by atoms with Crippen LogP contribution in [0.3, 0.4) is 0 Å². The number of rotatable bonds is 3. The van der Waals surface area contributed by atoms with Crippen LogP contribution in [0.4, 0.5) is 5.69 Å². The van der Waals surface area contributed by atoms with Gasteiger partial charge in [0, 0.05) is 10.9 Å². The first-order valence-corrected chi connectivity index (χ1v) is 7.46. The summed E-state index contributed by atoms with van der Waals surface area (Å²) in [6.07, 6.45) is 1.19. The van der Waals surface area contributed by atoms with Gasteiger partial charge in [0.25, 0.3) is 0 Å². The topological polar surface area (TPSA) is 33.6 Å². The zero-order valence-electron chi connectivity index (χ0n) is 12.1. The second-order valence-corrected chi connectivity index (χ2v) is 7.29. The molecule has 0 fully saturated rings. The van der Waals surface area contributed by atoms with Crippen molar-refractivity contribution in [3.63, 3.8) is 0 Å². The largest absolute Gasteiger partial charge is 0.497 e. The molecule has 0 aromatic heterocycles. The number of hydrogen-bond acceptors (Lipinski definition) is 4. The van der Waals surface area contributed by atoms with Crippen molar-refractivity contribution in [2.45, 2.75) is 32.4 Å². The van der Waals surface area contributed by atoms with Crippen molar-refractivity contribution in [1.82, 2.24) is 0 Å². The van der Waals surface area contributed by atoms with E-state index >= 15 is 0 Å². The number of amidine groups is 1. The SMILES string of the molecule is COc1ccc(NC2=NCC(CC(C)(C)C)S2)cc1. The minimum atomic E-state index is 0.364. The molecular weight excluding hydrogens is 256 g/mol. The molecule has 4 heteroatoms. The molecule has 1 aromatic rings. The molecule has 1 unspecified atom stereocenters. The van der Waals surface area contributed by atoms with Crippen molar-refractivity contribution in [2.75, 3.05) is 19.0 Å². The molecule has 3 nitrogen and oxygen atoms in total. The summed E-state index contributed by atoms with van der Waals surface area (Å²) < 4.78 is 5.15. The van der Waals surface area contributed by atoms with E-state index in [2.05, 4.69) is 31.1 Å².